The van der Waals surface area contributed by atoms with Gasteiger partial charge in [-0.2, -0.15) is 0 Å². The predicted octanol–water partition coefficient (Wildman–Crippen LogP) is 5.77. The number of H-pyrrole nitrogens is 1. The minimum absolute atomic E-state index is 0.120. The summed E-state index contributed by atoms with van der Waals surface area (Å²) in [5.41, 5.74) is 4.51. The fraction of sp³-hybridized carbons (Fsp3) is 0.0345. The first-order valence-corrected chi connectivity index (χ1v) is 13.3. The smallest absolute Gasteiger partial charge is 0.264 e. The SMILES string of the molecule is O=S(=O)(NC1=NC(c2ccccc2)c2c([nH]c3ccccc23)N1)c1ccc(N=Cc2ccccc2)cc1. The Balaban J connectivity index is 1.29. The van der Waals surface area contributed by atoms with Crippen LogP contribution in [0, 0.1) is 0 Å². The fourth-order valence-electron chi connectivity index (χ4n) is 4.40. The summed E-state index contributed by atoms with van der Waals surface area (Å²) in [5.74, 6) is 0.868. The maximum atomic E-state index is 13.2. The van der Waals surface area contributed by atoms with E-state index in [1.165, 1.54) is 12.1 Å². The molecule has 0 radical (unpaired) electrons. The Kier molecular flexibility index (Phi) is 5.78. The van der Waals surface area contributed by atoms with Crippen molar-refractivity contribution in [1.29, 1.82) is 0 Å². The van der Waals surface area contributed by atoms with E-state index < -0.39 is 10.0 Å². The number of anilines is 1. The summed E-state index contributed by atoms with van der Waals surface area (Å²) in [6, 6.07) is 33.6. The third-order valence-corrected chi connectivity index (χ3v) is 7.53. The monoisotopic (exact) mass is 505 g/mol. The summed E-state index contributed by atoms with van der Waals surface area (Å²) < 4.78 is 29.1. The average Bonchev–Trinajstić information content (AvgIpc) is 3.31. The van der Waals surface area contributed by atoms with Crippen LogP contribution in [0.15, 0.2) is 124 Å². The summed E-state index contributed by atoms with van der Waals surface area (Å²) in [6.07, 6.45) is 1.74. The highest BCUT2D eigenvalue weighted by Crippen LogP contribution is 2.39. The van der Waals surface area contributed by atoms with Crippen LogP contribution in [0.5, 0.6) is 0 Å². The molecule has 0 aliphatic carbocycles. The van der Waals surface area contributed by atoms with Crippen LogP contribution in [0.4, 0.5) is 11.5 Å². The third kappa shape index (κ3) is 4.62. The Labute approximate surface area is 214 Å². The van der Waals surface area contributed by atoms with Crippen LogP contribution < -0.4 is 10.0 Å². The molecule has 1 aliphatic heterocycles. The number of fused-ring (bicyclic) bond motifs is 3. The zero-order valence-electron chi connectivity index (χ0n) is 19.7. The van der Waals surface area contributed by atoms with Crippen LogP contribution in [0.25, 0.3) is 10.9 Å². The van der Waals surface area contributed by atoms with Gasteiger partial charge < -0.3 is 10.3 Å². The Morgan fingerprint density at radius 2 is 1.49 bits per heavy atom. The molecule has 8 heteroatoms. The minimum atomic E-state index is -3.89. The van der Waals surface area contributed by atoms with E-state index in [-0.39, 0.29) is 16.9 Å². The Morgan fingerprint density at radius 1 is 0.811 bits per heavy atom. The van der Waals surface area contributed by atoms with E-state index in [9.17, 15) is 8.42 Å². The molecular formula is C29H23N5O2S. The van der Waals surface area contributed by atoms with Crippen LogP contribution in [0.1, 0.15) is 22.7 Å². The zero-order valence-corrected chi connectivity index (χ0v) is 20.5. The zero-order chi connectivity index (χ0) is 25.2. The van der Waals surface area contributed by atoms with Gasteiger partial charge in [-0.05, 0) is 41.5 Å². The molecule has 37 heavy (non-hydrogen) atoms. The number of para-hydroxylation sites is 1. The molecule has 0 spiro atoms. The largest absolute Gasteiger partial charge is 0.341 e. The normalized spacial score (nSPS) is 15.2. The van der Waals surface area contributed by atoms with Gasteiger partial charge in [-0.25, -0.2) is 18.1 Å². The van der Waals surface area contributed by atoms with Gasteiger partial charge in [0, 0.05) is 22.7 Å². The molecule has 1 aliphatic rings. The van der Waals surface area contributed by atoms with Gasteiger partial charge in [0.25, 0.3) is 10.0 Å². The molecule has 1 unspecified atom stereocenters. The lowest BCUT2D eigenvalue weighted by atomic mass is 9.97. The number of rotatable bonds is 5. The van der Waals surface area contributed by atoms with Gasteiger partial charge in [-0.15, -0.1) is 0 Å². The highest BCUT2D eigenvalue weighted by molar-refractivity contribution is 7.90. The van der Waals surface area contributed by atoms with Crippen molar-refractivity contribution in [3.63, 3.8) is 0 Å². The number of benzene rings is 4. The summed E-state index contributed by atoms with van der Waals surface area (Å²) >= 11 is 0. The number of sulfonamides is 1. The van der Waals surface area contributed by atoms with Crippen molar-refractivity contribution < 1.29 is 8.42 Å². The van der Waals surface area contributed by atoms with Crippen molar-refractivity contribution in [3.05, 3.63) is 126 Å². The van der Waals surface area contributed by atoms with E-state index in [4.69, 9.17) is 4.99 Å². The first-order valence-electron chi connectivity index (χ1n) is 11.8. The van der Waals surface area contributed by atoms with Gasteiger partial charge in [-0.1, -0.05) is 78.9 Å². The van der Waals surface area contributed by atoms with Gasteiger partial charge in [0.1, 0.15) is 11.9 Å². The van der Waals surface area contributed by atoms with E-state index in [1.54, 1.807) is 18.3 Å². The molecule has 0 saturated heterocycles. The number of aromatic nitrogens is 1. The summed E-state index contributed by atoms with van der Waals surface area (Å²) in [4.78, 5) is 12.7. The molecule has 4 aromatic carbocycles. The number of hydrogen-bond acceptors (Lipinski definition) is 5. The number of nitrogens with one attached hydrogen (secondary N) is 3. The van der Waals surface area contributed by atoms with E-state index in [0.717, 1.165) is 27.6 Å². The molecule has 0 amide bonds. The number of hydrogen-bond donors (Lipinski definition) is 3. The standard InChI is InChI=1S/C29H23N5O2S/c35-37(36,23-17-15-22(16-18-23)30-19-20-9-3-1-4-10-20)34-29-32-27(21-11-5-2-6-12-21)26-24-13-7-8-14-25(24)31-28(26)33-29/h1-19,27,31H,(H2,32,33,34). The molecule has 3 N–H and O–H groups in total. The number of nitrogens with zero attached hydrogens (tertiary/aromatic N) is 2. The van der Waals surface area contributed by atoms with Crippen molar-refractivity contribution in [2.75, 3.05) is 5.32 Å². The maximum Gasteiger partial charge on any atom is 0.264 e. The topological polar surface area (TPSA) is 98.7 Å². The lowest BCUT2D eigenvalue weighted by Gasteiger charge is -2.23. The van der Waals surface area contributed by atoms with Crippen LogP contribution >= 0.6 is 0 Å². The number of aliphatic imine (C=N–C) groups is 2. The van der Waals surface area contributed by atoms with Crippen molar-refractivity contribution in [1.82, 2.24) is 9.71 Å². The summed E-state index contributed by atoms with van der Waals surface area (Å²) in [5, 5.41) is 4.18. The van der Waals surface area contributed by atoms with Gasteiger partial charge in [-0.3, -0.25) is 4.99 Å². The van der Waals surface area contributed by atoms with Gasteiger partial charge in [0.2, 0.25) is 5.96 Å². The van der Waals surface area contributed by atoms with E-state index >= 15 is 0 Å². The van der Waals surface area contributed by atoms with Crippen molar-refractivity contribution in [3.8, 4) is 0 Å². The highest BCUT2D eigenvalue weighted by Gasteiger charge is 2.29. The second-order valence-electron chi connectivity index (χ2n) is 8.64. The third-order valence-electron chi connectivity index (χ3n) is 6.18. The molecule has 2 heterocycles. The van der Waals surface area contributed by atoms with Crippen LogP contribution in [0.3, 0.4) is 0 Å². The molecule has 7 nitrogen and oxygen atoms in total. The highest BCUT2D eigenvalue weighted by atomic mass is 32.2. The van der Waals surface area contributed by atoms with Crippen molar-refractivity contribution in [2.24, 2.45) is 9.98 Å². The quantitative estimate of drug-likeness (QED) is 0.265. The van der Waals surface area contributed by atoms with E-state index in [2.05, 4.69) is 20.0 Å². The number of guanidine groups is 1. The first-order chi connectivity index (χ1) is 18.1. The second-order valence-corrected chi connectivity index (χ2v) is 10.3. The molecular weight excluding hydrogens is 482 g/mol. The lowest BCUT2D eigenvalue weighted by Crippen LogP contribution is -2.38. The van der Waals surface area contributed by atoms with Crippen LogP contribution in [-0.2, 0) is 10.0 Å². The van der Waals surface area contributed by atoms with Crippen LogP contribution in [-0.4, -0.2) is 25.6 Å². The van der Waals surface area contributed by atoms with Crippen molar-refractivity contribution >= 4 is 44.6 Å². The van der Waals surface area contributed by atoms with Crippen molar-refractivity contribution in [2.45, 2.75) is 10.9 Å². The second kappa shape index (κ2) is 9.40. The predicted molar refractivity (Wildman–Crippen MR) is 148 cm³/mol. The lowest BCUT2D eigenvalue weighted by molar-refractivity contribution is 0.592. The Hall–Kier alpha value is -4.69. The van der Waals surface area contributed by atoms with E-state index in [1.807, 2.05) is 84.9 Å². The first kappa shape index (κ1) is 22.8. The molecule has 1 atom stereocenters. The summed E-state index contributed by atoms with van der Waals surface area (Å²) in [7, 11) is -3.89. The molecule has 182 valence electrons. The maximum absolute atomic E-state index is 13.2. The fourth-order valence-corrected chi connectivity index (χ4v) is 5.38. The molecule has 0 fully saturated rings. The van der Waals surface area contributed by atoms with E-state index in [0.29, 0.717) is 11.5 Å². The summed E-state index contributed by atoms with van der Waals surface area (Å²) in [6.45, 7) is 0. The molecule has 6 rings (SSSR count). The van der Waals surface area contributed by atoms with Gasteiger partial charge in [0.15, 0.2) is 0 Å². The molecule has 1 aromatic heterocycles. The van der Waals surface area contributed by atoms with Gasteiger partial charge in [0.05, 0.1) is 10.6 Å². The number of aromatic amines is 1. The van der Waals surface area contributed by atoms with Crippen LogP contribution in [0.2, 0.25) is 0 Å². The minimum Gasteiger partial charge on any atom is -0.341 e. The molecule has 0 saturated carbocycles. The van der Waals surface area contributed by atoms with Gasteiger partial charge >= 0.3 is 0 Å². The molecule has 0 bridgehead atoms. The Bertz CT molecular complexity index is 1730. The average molecular weight is 506 g/mol. The Morgan fingerprint density at radius 3 is 2.24 bits per heavy atom. The molecule has 5 aromatic rings.